The van der Waals surface area contributed by atoms with Gasteiger partial charge in [-0.1, -0.05) is 177 Å². The summed E-state index contributed by atoms with van der Waals surface area (Å²) < 4.78 is 9.31. The molecule has 1 unspecified atom stereocenters. The van der Waals surface area contributed by atoms with Gasteiger partial charge in [-0.3, -0.25) is 9.13 Å². The lowest BCUT2D eigenvalue weighted by atomic mass is 10.0. The fourth-order valence-electron chi connectivity index (χ4n) is 12.2. The second-order valence-corrected chi connectivity index (χ2v) is 20.5. The Bertz CT molecular complexity index is 4510. The second kappa shape index (κ2) is 18.3. The normalized spacial score (nSPS) is 12.6. The first kappa shape index (κ1) is 45.3. The maximum Gasteiger partial charge on any atom is 0.239 e. The Morgan fingerprint density at radius 1 is 0.333 bits per heavy atom. The molecule has 0 bridgehead atoms. The van der Waals surface area contributed by atoms with Gasteiger partial charge in [0.25, 0.3) is 0 Å². The molecule has 0 amide bonds. The van der Waals surface area contributed by atoms with E-state index in [4.69, 9.17) is 15.0 Å². The maximum atomic E-state index is 5.64. The van der Waals surface area contributed by atoms with Crippen LogP contribution in [0.4, 0.5) is 0 Å². The molecule has 0 spiro atoms. The Morgan fingerprint density at radius 3 is 1.10 bits per heavy atom. The lowest BCUT2D eigenvalue weighted by molar-refractivity contribution is 0.672. The number of benzene rings is 10. The van der Waals surface area contributed by atoms with E-state index in [1.807, 2.05) is 6.92 Å². The van der Waals surface area contributed by atoms with E-state index in [9.17, 15) is 0 Å². The van der Waals surface area contributed by atoms with Crippen molar-refractivity contribution in [1.82, 2.24) is 33.2 Å². The molecule has 7 heteroatoms. The highest BCUT2D eigenvalue weighted by Gasteiger charge is 2.24. The van der Waals surface area contributed by atoms with Crippen molar-refractivity contribution in [3.63, 3.8) is 0 Å². The minimum Gasteiger partial charge on any atom is -0.309 e. The highest BCUT2D eigenvalue weighted by molar-refractivity contribution is 6.15. The first-order chi connectivity index (χ1) is 38.6. The zero-order valence-corrected chi connectivity index (χ0v) is 43.2. The molecular formula is C71H51N7. The minimum atomic E-state index is 0.144. The molecule has 0 aliphatic rings. The van der Waals surface area contributed by atoms with Crippen LogP contribution >= 0.6 is 0 Å². The van der Waals surface area contributed by atoms with Gasteiger partial charge < -0.3 is 9.13 Å². The standard InChI is InChI=1S/C71H51N7/c1-3-4-7-20-46(2)41-69-72-70(77-65-37-33-49(47-21-8-5-9-22-47)42-57(65)59-44-51(35-39-67(59)77)75-61-29-16-12-25-53(61)54-26-13-17-30-62(54)75)74-71(73-69)78-66-38-34-50(48-23-10-6-11-24-48)43-58(66)60-45-52(36-40-68(60)78)76-63-31-18-14-27-55(63)56-28-15-19-32-64(56)76/h3-40,42-46H,41H2,1-2H3/b4-3-,20-7-. The molecule has 0 aliphatic carbocycles. The minimum absolute atomic E-state index is 0.144. The molecular weight excluding hydrogens is 951 g/mol. The molecule has 7 nitrogen and oxygen atoms in total. The van der Waals surface area contributed by atoms with E-state index in [-0.39, 0.29) is 5.92 Å². The number of hydrogen-bond donors (Lipinski definition) is 0. The Labute approximate surface area is 450 Å². The molecule has 0 saturated carbocycles. The van der Waals surface area contributed by atoms with Gasteiger partial charge in [0.05, 0.1) is 44.1 Å². The van der Waals surface area contributed by atoms with Gasteiger partial charge in [-0.2, -0.15) is 15.0 Å². The van der Waals surface area contributed by atoms with Crippen molar-refractivity contribution >= 4 is 87.2 Å². The lowest BCUT2D eigenvalue weighted by Crippen LogP contribution is -2.13. The molecule has 15 aromatic rings. The van der Waals surface area contributed by atoms with E-state index >= 15 is 0 Å². The van der Waals surface area contributed by atoms with Crippen LogP contribution in [0.15, 0.2) is 255 Å². The number of para-hydroxylation sites is 4. The van der Waals surface area contributed by atoms with Gasteiger partial charge in [-0.25, -0.2) is 0 Å². The molecule has 0 N–H and O–H groups in total. The fraction of sp³-hybridized carbons (Fsp3) is 0.0563. The third-order valence-corrected chi connectivity index (χ3v) is 15.7. The van der Waals surface area contributed by atoms with Crippen molar-refractivity contribution in [1.29, 1.82) is 0 Å². The first-order valence-electron chi connectivity index (χ1n) is 26.9. The Morgan fingerprint density at radius 2 is 0.692 bits per heavy atom. The summed E-state index contributed by atoms with van der Waals surface area (Å²) in [6, 6.07) is 83.4. The predicted molar refractivity (Wildman–Crippen MR) is 325 cm³/mol. The van der Waals surface area contributed by atoms with Crippen LogP contribution in [0.2, 0.25) is 0 Å². The molecule has 370 valence electrons. The number of hydrogen-bond acceptors (Lipinski definition) is 3. The lowest BCUT2D eigenvalue weighted by Gasteiger charge is -2.14. The van der Waals surface area contributed by atoms with Crippen LogP contribution < -0.4 is 0 Å². The third-order valence-electron chi connectivity index (χ3n) is 15.7. The van der Waals surface area contributed by atoms with Crippen molar-refractivity contribution < 1.29 is 0 Å². The van der Waals surface area contributed by atoms with Gasteiger partial charge in [0.1, 0.15) is 5.82 Å². The highest BCUT2D eigenvalue weighted by Crippen LogP contribution is 2.41. The zero-order chi connectivity index (χ0) is 51.8. The number of fused-ring (bicyclic) bond motifs is 12. The van der Waals surface area contributed by atoms with Crippen LogP contribution in [0.1, 0.15) is 19.7 Å². The number of aromatic nitrogens is 7. The van der Waals surface area contributed by atoms with Crippen molar-refractivity contribution in [3.05, 3.63) is 261 Å². The maximum absolute atomic E-state index is 5.64. The van der Waals surface area contributed by atoms with Gasteiger partial charge in [0, 0.05) is 60.9 Å². The molecule has 0 saturated heterocycles. The Balaban J connectivity index is 0.992. The summed E-state index contributed by atoms with van der Waals surface area (Å²) in [6.07, 6.45) is 9.08. The number of rotatable bonds is 10. The zero-order valence-electron chi connectivity index (χ0n) is 43.2. The summed E-state index contributed by atoms with van der Waals surface area (Å²) >= 11 is 0. The average molecular weight is 1000 g/mol. The van der Waals surface area contributed by atoms with E-state index in [2.05, 4.69) is 280 Å². The van der Waals surface area contributed by atoms with E-state index in [0.717, 1.165) is 77.2 Å². The van der Waals surface area contributed by atoms with E-state index in [0.29, 0.717) is 24.1 Å². The highest BCUT2D eigenvalue weighted by atomic mass is 15.3. The van der Waals surface area contributed by atoms with Crippen LogP contribution in [0.25, 0.3) is 133 Å². The summed E-state index contributed by atoms with van der Waals surface area (Å²) in [5, 5.41) is 9.36. The summed E-state index contributed by atoms with van der Waals surface area (Å²) in [4.78, 5) is 16.6. The molecule has 0 radical (unpaired) electrons. The SMILES string of the molecule is C/C=C\C=C/C(C)Cc1nc(-n2c3ccc(-c4ccccc4)cc3c3cc(-n4c5ccccc5c5ccccc54)ccc32)nc(-n2c3ccc(-c4ccccc4)cc3c3cc(-n4c5ccccc5c5ccccc54)ccc32)n1. The largest absolute Gasteiger partial charge is 0.309 e. The molecule has 10 aromatic carbocycles. The summed E-state index contributed by atoms with van der Waals surface area (Å²) in [5.41, 5.74) is 15.5. The van der Waals surface area contributed by atoms with Crippen LogP contribution in [0.5, 0.6) is 0 Å². The van der Waals surface area contributed by atoms with Crippen LogP contribution in [0.3, 0.4) is 0 Å². The summed E-state index contributed by atoms with van der Waals surface area (Å²) in [6.45, 7) is 4.27. The van der Waals surface area contributed by atoms with Gasteiger partial charge in [-0.15, -0.1) is 0 Å². The van der Waals surface area contributed by atoms with Crippen LogP contribution in [-0.4, -0.2) is 33.2 Å². The monoisotopic (exact) mass is 1000 g/mol. The summed E-state index contributed by atoms with van der Waals surface area (Å²) in [5.74, 6) is 1.98. The Hall–Kier alpha value is -10.1. The molecule has 1 atom stereocenters. The number of nitrogens with zero attached hydrogens (tertiary/aromatic N) is 7. The molecule has 5 aromatic heterocycles. The van der Waals surface area contributed by atoms with Crippen molar-refractivity contribution in [3.8, 4) is 45.5 Å². The first-order valence-corrected chi connectivity index (χ1v) is 26.9. The Kier molecular flexibility index (Phi) is 10.6. The van der Waals surface area contributed by atoms with Crippen LogP contribution in [0, 0.1) is 5.92 Å². The molecule has 0 aliphatic heterocycles. The summed E-state index contributed by atoms with van der Waals surface area (Å²) in [7, 11) is 0. The van der Waals surface area contributed by atoms with Gasteiger partial charge in [0.2, 0.25) is 11.9 Å². The van der Waals surface area contributed by atoms with Gasteiger partial charge in [0.15, 0.2) is 0 Å². The smallest absolute Gasteiger partial charge is 0.239 e. The van der Waals surface area contributed by atoms with Crippen molar-refractivity contribution in [2.45, 2.75) is 20.3 Å². The van der Waals surface area contributed by atoms with Gasteiger partial charge in [-0.05, 0) is 120 Å². The van der Waals surface area contributed by atoms with Crippen molar-refractivity contribution in [2.75, 3.05) is 0 Å². The number of allylic oxidation sites excluding steroid dienone is 4. The molecule has 78 heavy (non-hydrogen) atoms. The molecule has 15 rings (SSSR count). The van der Waals surface area contributed by atoms with E-state index in [1.165, 1.54) is 43.6 Å². The van der Waals surface area contributed by atoms with E-state index in [1.54, 1.807) is 0 Å². The average Bonchev–Trinajstić information content (AvgIpc) is 4.40. The third kappa shape index (κ3) is 7.30. The van der Waals surface area contributed by atoms with E-state index < -0.39 is 0 Å². The molecule has 0 fully saturated rings. The topological polar surface area (TPSA) is 58.4 Å². The van der Waals surface area contributed by atoms with Gasteiger partial charge >= 0.3 is 0 Å². The quantitative estimate of drug-likeness (QED) is 0.128. The predicted octanol–water partition coefficient (Wildman–Crippen LogP) is 17.9. The second-order valence-electron chi connectivity index (χ2n) is 20.5. The van der Waals surface area contributed by atoms with Crippen molar-refractivity contribution in [2.24, 2.45) is 5.92 Å². The molecule has 5 heterocycles. The van der Waals surface area contributed by atoms with Crippen LogP contribution in [-0.2, 0) is 6.42 Å². The fourth-order valence-corrected chi connectivity index (χ4v) is 12.2.